The van der Waals surface area contributed by atoms with Crippen LogP contribution in [0.3, 0.4) is 0 Å². The zero-order valence-electron chi connectivity index (χ0n) is 21.7. The number of carbonyl (C=O) groups excluding carboxylic acids is 2. The molecule has 1 unspecified atom stereocenters. The number of rotatable bonds is 6. The van der Waals surface area contributed by atoms with Gasteiger partial charge < -0.3 is 15.4 Å². The Labute approximate surface area is 223 Å². The van der Waals surface area contributed by atoms with Crippen LogP contribution in [0.4, 0.5) is 10.1 Å². The number of allylic oxidation sites excluding steroid dienone is 1. The van der Waals surface area contributed by atoms with Gasteiger partial charge in [-0.25, -0.2) is 14.0 Å². The first-order valence-corrected chi connectivity index (χ1v) is 12.8. The van der Waals surface area contributed by atoms with Crippen LogP contribution < -0.4 is 15.4 Å². The summed E-state index contributed by atoms with van der Waals surface area (Å²) in [5, 5.41) is 13.1. The smallest absolute Gasteiger partial charge is 0.276 e. The molecule has 1 spiro atoms. The van der Waals surface area contributed by atoms with Crippen molar-refractivity contribution in [1.29, 1.82) is 0 Å². The molecule has 200 valence electrons. The number of carbonyl (C=O) groups is 2. The van der Waals surface area contributed by atoms with Crippen LogP contribution in [-0.4, -0.2) is 52.0 Å². The molecule has 1 fully saturated rings. The van der Waals surface area contributed by atoms with E-state index in [0.29, 0.717) is 30.1 Å². The summed E-state index contributed by atoms with van der Waals surface area (Å²) in [6.45, 7) is 6.63. The molecule has 2 atom stereocenters. The number of hydrogen-bond acceptors (Lipinski definition) is 8. The van der Waals surface area contributed by atoms with Crippen molar-refractivity contribution in [2.75, 3.05) is 18.5 Å². The van der Waals surface area contributed by atoms with Crippen molar-refractivity contribution in [2.45, 2.75) is 45.6 Å². The average Bonchev–Trinajstić information content (AvgIpc) is 3.41. The van der Waals surface area contributed by atoms with E-state index in [-0.39, 0.29) is 11.6 Å². The van der Waals surface area contributed by atoms with Crippen LogP contribution in [0.15, 0.2) is 51.7 Å². The Kier molecular flexibility index (Phi) is 6.00. The van der Waals surface area contributed by atoms with Crippen molar-refractivity contribution in [3.8, 4) is 5.88 Å². The number of pyridine rings is 1. The van der Waals surface area contributed by atoms with Gasteiger partial charge in [-0.2, -0.15) is 0 Å². The first-order valence-electron chi connectivity index (χ1n) is 12.8. The highest BCUT2D eigenvalue weighted by atomic mass is 19.1. The van der Waals surface area contributed by atoms with Crippen molar-refractivity contribution in [2.24, 2.45) is 10.4 Å². The molecule has 3 aromatic rings. The Morgan fingerprint density at radius 2 is 1.90 bits per heavy atom. The number of hydrogen-bond donors (Lipinski definition) is 2. The fourth-order valence-corrected chi connectivity index (χ4v) is 5.61. The van der Waals surface area contributed by atoms with E-state index in [0.717, 1.165) is 35.9 Å². The second kappa shape index (κ2) is 9.40. The Balaban J connectivity index is 1.33. The number of nitrogens with one attached hydrogen (secondary N) is 2. The summed E-state index contributed by atoms with van der Waals surface area (Å²) in [5.74, 6) is -1.93. The predicted molar refractivity (Wildman–Crippen MR) is 140 cm³/mol. The number of benzene rings is 1. The van der Waals surface area contributed by atoms with E-state index in [2.05, 4.69) is 37.8 Å². The Morgan fingerprint density at radius 1 is 1.13 bits per heavy atom. The van der Waals surface area contributed by atoms with Crippen LogP contribution in [0.5, 0.6) is 5.88 Å². The van der Waals surface area contributed by atoms with E-state index in [1.807, 2.05) is 31.2 Å². The van der Waals surface area contributed by atoms with E-state index >= 15 is 0 Å². The highest BCUT2D eigenvalue weighted by Crippen LogP contribution is 2.61. The molecular formula is C28H27FN6O4. The van der Waals surface area contributed by atoms with E-state index in [1.165, 1.54) is 11.6 Å². The van der Waals surface area contributed by atoms with Crippen LogP contribution in [0.1, 0.15) is 59.9 Å². The molecular weight excluding hydrogens is 503 g/mol. The first kappa shape index (κ1) is 24.9. The molecule has 0 saturated heterocycles. The number of halogens is 1. The third kappa shape index (κ3) is 4.47. The van der Waals surface area contributed by atoms with Crippen LogP contribution in [-0.2, 0) is 4.79 Å². The number of aryl methyl sites for hydroxylation is 1. The van der Waals surface area contributed by atoms with Gasteiger partial charge in [0.1, 0.15) is 17.6 Å². The van der Waals surface area contributed by atoms with Gasteiger partial charge in [0.05, 0.1) is 19.3 Å². The molecule has 1 aromatic carbocycles. The minimum Gasteiger partial charge on any atom is -0.477 e. The quantitative estimate of drug-likeness (QED) is 0.495. The SMILES string of the molecule is CC1=NCC(C)=C1c1ccc(NC(=O)[C@@H](NC(=O)c2nonc2C)C2c3cc(F)cnc3OCC23CC3)cc1. The van der Waals surface area contributed by atoms with Crippen LogP contribution in [0.2, 0.25) is 0 Å². The van der Waals surface area contributed by atoms with Crippen molar-refractivity contribution < 1.29 is 23.3 Å². The molecule has 0 bridgehead atoms. The highest BCUT2D eigenvalue weighted by Gasteiger charge is 2.58. The fraction of sp³-hybridized carbons (Fsp3) is 0.357. The summed E-state index contributed by atoms with van der Waals surface area (Å²) in [5.41, 5.74) is 5.14. The molecule has 1 saturated carbocycles. The molecule has 1 aliphatic carbocycles. The van der Waals surface area contributed by atoms with Gasteiger partial charge in [0.25, 0.3) is 5.91 Å². The van der Waals surface area contributed by atoms with Gasteiger partial charge in [0.2, 0.25) is 11.8 Å². The lowest BCUT2D eigenvalue weighted by Gasteiger charge is -2.37. The molecule has 0 radical (unpaired) electrons. The fourth-order valence-electron chi connectivity index (χ4n) is 5.61. The summed E-state index contributed by atoms with van der Waals surface area (Å²) in [4.78, 5) is 35.7. The second-order valence-electron chi connectivity index (χ2n) is 10.4. The summed E-state index contributed by atoms with van der Waals surface area (Å²) >= 11 is 0. The lowest BCUT2D eigenvalue weighted by atomic mass is 9.76. The lowest BCUT2D eigenvalue weighted by Crippen LogP contribution is -2.52. The van der Waals surface area contributed by atoms with E-state index in [4.69, 9.17) is 9.37 Å². The maximum absolute atomic E-state index is 14.4. The van der Waals surface area contributed by atoms with Crippen LogP contribution in [0.25, 0.3) is 5.57 Å². The van der Waals surface area contributed by atoms with Crippen molar-refractivity contribution in [3.63, 3.8) is 0 Å². The predicted octanol–water partition coefficient (Wildman–Crippen LogP) is 3.85. The van der Waals surface area contributed by atoms with Crippen LogP contribution in [0, 0.1) is 18.2 Å². The Morgan fingerprint density at radius 3 is 2.54 bits per heavy atom. The normalized spacial score (nSPS) is 19.7. The van der Waals surface area contributed by atoms with E-state index in [1.54, 1.807) is 6.92 Å². The van der Waals surface area contributed by atoms with Gasteiger partial charge in [-0.3, -0.25) is 14.6 Å². The minimum absolute atomic E-state index is 0.0242. The molecule has 2 aromatic heterocycles. The van der Waals surface area contributed by atoms with Gasteiger partial charge >= 0.3 is 0 Å². The standard InChI is InChI=1S/C28H27FN6O4/c1-14-11-30-15(2)21(14)17-4-6-19(7-5-17)32-26(37)24(33-25(36)23-16(3)34-39-35-23)22-20-10-18(29)12-31-27(20)38-13-28(22)8-9-28/h4-7,10,12,22,24H,8-9,11,13H2,1-3H3,(H,32,37)(H,33,36)/t22?,24-/m0/s1. The molecule has 2 aliphatic heterocycles. The summed E-state index contributed by atoms with van der Waals surface area (Å²) in [7, 11) is 0. The maximum Gasteiger partial charge on any atom is 0.276 e. The zero-order valence-corrected chi connectivity index (χ0v) is 21.7. The number of nitrogens with zero attached hydrogens (tertiary/aromatic N) is 4. The van der Waals surface area contributed by atoms with Crippen molar-refractivity contribution in [1.82, 2.24) is 20.6 Å². The molecule has 2 N–H and O–H groups in total. The number of anilines is 1. The topological polar surface area (TPSA) is 132 Å². The average molecular weight is 531 g/mol. The zero-order chi connectivity index (χ0) is 27.3. The summed E-state index contributed by atoms with van der Waals surface area (Å²) in [6, 6.07) is 7.75. The molecule has 6 rings (SSSR count). The third-order valence-corrected chi connectivity index (χ3v) is 7.78. The second-order valence-corrected chi connectivity index (χ2v) is 10.4. The van der Waals surface area contributed by atoms with Crippen LogP contribution >= 0.6 is 0 Å². The molecule has 11 heteroatoms. The largest absolute Gasteiger partial charge is 0.477 e. The summed E-state index contributed by atoms with van der Waals surface area (Å²) < 4.78 is 24.9. The maximum atomic E-state index is 14.4. The Bertz CT molecular complexity index is 1540. The lowest BCUT2D eigenvalue weighted by molar-refractivity contribution is -0.119. The number of amides is 2. The summed E-state index contributed by atoms with van der Waals surface area (Å²) in [6.07, 6.45) is 2.61. The molecule has 4 heterocycles. The van der Waals surface area contributed by atoms with Gasteiger partial charge in [-0.05, 0) is 68.1 Å². The number of ether oxygens (including phenoxy) is 1. The molecule has 39 heavy (non-hydrogen) atoms. The highest BCUT2D eigenvalue weighted by molar-refractivity contribution is 6.25. The molecule has 3 aliphatic rings. The van der Waals surface area contributed by atoms with Gasteiger partial charge in [-0.15, -0.1) is 0 Å². The van der Waals surface area contributed by atoms with Gasteiger partial charge in [0, 0.05) is 33.9 Å². The third-order valence-electron chi connectivity index (χ3n) is 7.78. The number of aromatic nitrogens is 3. The monoisotopic (exact) mass is 530 g/mol. The molecule has 2 amide bonds. The Hall–Kier alpha value is -4.41. The van der Waals surface area contributed by atoms with Crippen molar-refractivity contribution in [3.05, 3.63) is 70.4 Å². The van der Waals surface area contributed by atoms with E-state index in [9.17, 15) is 14.0 Å². The number of aliphatic imine (C=N–C) groups is 1. The number of fused-ring (bicyclic) bond motifs is 1. The van der Waals surface area contributed by atoms with Crippen molar-refractivity contribution >= 4 is 28.8 Å². The van der Waals surface area contributed by atoms with Gasteiger partial charge in [0.15, 0.2) is 5.69 Å². The first-order chi connectivity index (χ1) is 18.8. The minimum atomic E-state index is -1.07. The molecule has 10 nitrogen and oxygen atoms in total. The van der Waals surface area contributed by atoms with E-state index < -0.39 is 35.0 Å². The van der Waals surface area contributed by atoms with Gasteiger partial charge in [-0.1, -0.05) is 17.3 Å².